The maximum atomic E-state index is 13.0. The number of carbonyl (C=O) groups excluding carboxylic acids is 1. The molecule has 1 aliphatic rings. The average molecular weight is 462 g/mol. The molecule has 0 saturated heterocycles. The van der Waals surface area contributed by atoms with Crippen LogP contribution in [0.4, 0.5) is 0 Å². The van der Waals surface area contributed by atoms with Crippen molar-refractivity contribution in [2.45, 2.75) is 70.4 Å². The molecule has 0 spiro atoms. The number of nitrogens with one attached hydrogen (secondary N) is 1. The van der Waals surface area contributed by atoms with E-state index in [0.29, 0.717) is 30.4 Å². The van der Waals surface area contributed by atoms with Crippen LogP contribution in [0.15, 0.2) is 9.89 Å². The van der Waals surface area contributed by atoms with E-state index in [1.54, 1.807) is 13.8 Å². The van der Waals surface area contributed by atoms with Crippen LogP contribution in [0.2, 0.25) is 0 Å². The Morgan fingerprint density at radius 2 is 1.80 bits per heavy atom. The van der Waals surface area contributed by atoms with Gasteiger partial charge in [-0.2, -0.15) is 0 Å². The first-order valence-electron chi connectivity index (χ1n) is 9.46. The van der Waals surface area contributed by atoms with Crippen molar-refractivity contribution < 1.29 is 17.9 Å². The fourth-order valence-electron chi connectivity index (χ4n) is 3.52. The molecule has 1 aromatic carbocycles. The van der Waals surface area contributed by atoms with Crippen LogP contribution in [-0.2, 0) is 21.2 Å². The minimum Gasteiger partial charge on any atom is -0.487 e. The lowest BCUT2D eigenvalue weighted by Gasteiger charge is -2.19. The van der Waals surface area contributed by atoms with Crippen molar-refractivity contribution in [2.24, 2.45) is 22.2 Å². The summed E-state index contributed by atoms with van der Waals surface area (Å²) in [6.45, 7) is 9.56. The van der Waals surface area contributed by atoms with E-state index in [2.05, 4.69) is 9.71 Å². The summed E-state index contributed by atoms with van der Waals surface area (Å²) >= 11 is 0. The Morgan fingerprint density at radius 3 is 2.37 bits per heavy atom. The Balaban J connectivity index is 0.00000450. The smallest absolute Gasteiger partial charge is 0.264 e. The zero-order valence-corrected chi connectivity index (χ0v) is 19.7. The Morgan fingerprint density at radius 1 is 1.20 bits per heavy atom. The van der Waals surface area contributed by atoms with E-state index < -0.39 is 22.0 Å². The first-order chi connectivity index (χ1) is 13.3. The number of aliphatic imine (C=N–C) groups is 1. The molecule has 0 fully saturated rings. The molecular weight excluding hydrogens is 430 g/mol. The van der Waals surface area contributed by atoms with Gasteiger partial charge in [0, 0.05) is 18.5 Å². The van der Waals surface area contributed by atoms with Gasteiger partial charge >= 0.3 is 0 Å². The summed E-state index contributed by atoms with van der Waals surface area (Å²) in [6.07, 6.45) is 1.42. The summed E-state index contributed by atoms with van der Waals surface area (Å²) < 4.78 is 34.4. The van der Waals surface area contributed by atoms with Crippen molar-refractivity contribution in [2.75, 3.05) is 6.54 Å². The van der Waals surface area contributed by atoms with E-state index >= 15 is 0 Å². The lowest BCUT2D eigenvalue weighted by atomic mass is 9.94. The van der Waals surface area contributed by atoms with E-state index in [4.69, 9.17) is 21.9 Å². The number of carbonyl (C=O) groups is 1. The van der Waals surface area contributed by atoms with Crippen molar-refractivity contribution in [1.82, 2.24) is 4.72 Å². The number of nitrogens with zero attached hydrogens (tertiary/aromatic N) is 1. The summed E-state index contributed by atoms with van der Waals surface area (Å²) in [5.41, 5.74) is 19.0. The molecule has 0 unspecified atom stereocenters. The third-order valence-corrected chi connectivity index (χ3v) is 6.75. The van der Waals surface area contributed by atoms with Crippen LogP contribution >= 0.6 is 12.4 Å². The van der Waals surface area contributed by atoms with Gasteiger partial charge in [-0.1, -0.05) is 0 Å². The summed E-state index contributed by atoms with van der Waals surface area (Å²) in [5.74, 6) is -0.0460. The Hall–Kier alpha value is -2.04. The van der Waals surface area contributed by atoms with Crippen molar-refractivity contribution >= 4 is 34.3 Å². The normalized spacial score (nSPS) is 16.3. The zero-order chi connectivity index (χ0) is 22.1. The number of rotatable bonds is 7. The average Bonchev–Trinajstić information content (AvgIpc) is 2.92. The van der Waals surface area contributed by atoms with Crippen LogP contribution in [0.3, 0.4) is 0 Å². The quantitative estimate of drug-likeness (QED) is 0.268. The SMILES string of the molecule is Cc1c(C)c(S(=O)(=O)NC(N)=NCCC[C@H](N)C(N)=O)c(C)c2c1OC(C)(C)C2.Cl. The third kappa shape index (κ3) is 5.55. The first-order valence-corrected chi connectivity index (χ1v) is 10.9. The molecule has 170 valence electrons. The number of ether oxygens (including phenoxy) is 1. The number of sulfonamides is 1. The number of fused-ring (bicyclic) bond motifs is 1. The number of amides is 1. The molecule has 0 aromatic heterocycles. The van der Waals surface area contributed by atoms with Crippen molar-refractivity contribution in [1.29, 1.82) is 0 Å². The molecule has 9 nitrogen and oxygen atoms in total. The van der Waals surface area contributed by atoms with Crippen LogP contribution in [0.1, 0.15) is 48.9 Å². The van der Waals surface area contributed by atoms with Gasteiger partial charge in [-0.05, 0) is 64.2 Å². The monoisotopic (exact) mass is 461 g/mol. The molecule has 1 atom stereocenters. The Labute approximate surface area is 184 Å². The number of guanidine groups is 1. The molecular formula is C19H32ClN5O4S. The molecule has 30 heavy (non-hydrogen) atoms. The van der Waals surface area contributed by atoms with Crippen molar-refractivity contribution in [3.8, 4) is 5.75 Å². The number of hydrogen-bond donors (Lipinski definition) is 4. The molecule has 1 aliphatic heterocycles. The van der Waals surface area contributed by atoms with Crippen LogP contribution < -0.4 is 26.7 Å². The van der Waals surface area contributed by atoms with Crippen molar-refractivity contribution in [3.05, 3.63) is 22.3 Å². The molecule has 1 aromatic rings. The number of benzene rings is 1. The first kappa shape index (κ1) is 26.0. The summed E-state index contributed by atoms with van der Waals surface area (Å²) in [4.78, 5) is 15.1. The fraction of sp³-hybridized carbons (Fsp3) is 0.579. The molecule has 0 radical (unpaired) electrons. The molecule has 0 bridgehead atoms. The second-order valence-electron chi connectivity index (χ2n) is 8.07. The van der Waals surface area contributed by atoms with E-state index in [9.17, 15) is 13.2 Å². The van der Waals surface area contributed by atoms with E-state index in [-0.39, 0.29) is 35.4 Å². The summed E-state index contributed by atoms with van der Waals surface area (Å²) in [5, 5.41) is 0. The number of primary amides is 1. The maximum absolute atomic E-state index is 13.0. The molecule has 2 rings (SSSR count). The predicted molar refractivity (Wildman–Crippen MR) is 120 cm³/mol. The van der Waals surface area contributed by atoms with Gasteiger partial charge in [-0.15, -0.1) is 12.4 Å². The highest BCUT2D eigenvalue weighted by Gasteiger charge is 2.36. The fourth-order valence-corrected chi connectivity index (χ4v) is 5.05. The summed E-state index contributed by atoms with van der Waals surface area (Å²) in [7, 11) is -3.93. The molecule has 1 amide bonds. The lowest BCUT2D eigenvalue weighted by molar-refractivity contribution is -0.119. The van der Waals surface area contributed by atoms with Gasteiger partial charge in [0.1, 0.15) is 11.4 Å². The molecule has 11 heteroatoms. The highest BCUT2D eigenvalue weighted by molar-refractivity contribution is 7.90. The highest BCUT2D eigenvalue weighted by Crippen LogP contribution is 2.43. The van der Waals surface area contributed by atoms with Gasteiger partial charge in [0.2, 0.25) is 11.9 Å². The molecule has 0 aliphatic carbocycles. The molecule has 0 saturated carbocycles. The highest BCUT2D eigenvalue weighted by atomic mass is 35.5. The van der Waals surface area contributed by atoms with Crippen molar-refractivity contribution in [3.63, 3.8) is 0 Å². The Kier molecular flexibility index (Phi) is 8.15. The lowest BCUT2D eigenvalue weighted by Crippen LogP contribution is -2.38. The van der Waals surface area contributed by atoms with Gasteiger partial charge in [-0.25, -0.2) is 13.1 Å². The standard InChI is InChI=1S/C19H31N5O4S.ClH/c1-10-11(2)16(12(3)13-9-19(4,5)28-15(10)13)29(26,27)24-18(22)23-8-6-7-14(20)17(21)25;/h14H,6-9,20H2,1-5H3,(H2,21,25)(H3,22,23,24);1H/t14-;/m0./s1. The Bertz CT molecular complexity index is 960. The molecule has 7 N–H and O–H groups in total. The maximum Gasteiger partial charge on any atom is 0.264 e. The minimum atomic E-state index is -3.93. The van der Waals surface area contributed by atoms with Gasteiger partial charge in [0.25, 0.3) is 10.0 Å². The van der Waals surface area contributed by atoms with Gasteiger partial charge in [-0.3, -0.25) is 9.79 Å². The number of halogens is 1. The minimum absolute atomic E-state index is 0. The number of nitrogens with two attached hydrogens (primary N) is 3. The van der Waals surface area contributed by atoms with Crippen LogP contribution in [0.5, 0.6) is 5.75 Å². The third-order valence-electron chi connectivity index (χ3n) is 5.12. The zero-order valence-electron chi connectivity index (χ0n) is 18.0. The second-order valence-corrected chi connectivity index (χ2v) is 9.69. The van der Waals surface area contributed by atoms with Crippen LogP contribution in [0.25, 0.3) is 0 Å². The molecule has 1 heterocycles. The van der Waals surface area contributed by atoms with Gasteiger partial charge in [0.15, 0.2) is 0 Å². The van der Waals surface area contributed by atoms with Crippen LogP contribution in [0, 0.1) is 20.8 Å². The van der Waals surface area contributed by atoms with E-state index in [1.807, 2.05) is 20.8 Å². The van der Waals surface area contributed by atoms with Gasteiger partial charge < -0.3 is 21.9 Å². The number of hydrogen-bond acceptors (Lipinski definition) is 6. The summed E-state index contributed by atoms with van der Waals surface area (Å²) in [6, 6.07) is -0.755. The van der Waals surface area contributed by atoms with Crippen LogP contribution in [-0.4, -0.2) is 38.5 Å². The largest absolute Gasteiger partial charge is 0.487 e. The van der Waals surface area contributed by atoms with E-state index in [1.165, 1.54) is 0 Å². The topological polar surface area (TPSA) is 163 Å². The predicted octanol–water partition coefficient (Wildman–Crippen LogP) is 0.933. The second kappa shape index (κ2) is 9.40. The van der Waals surface area contributed by atoms with Gasteiger partial charge in [0.05, 0.1) is 10.9 Å². The van der Waals surface area contributed by atoms with E-state index in [0.717, 1.165) is 16.9 Å².